The highest BCUT2D eigenvalue weighted by Gasteiger charge is 2.11. The molecule has 0 spiro atoms. The first-order chi connectivity index (χ1) is 15.5. The van der Waals surface area contributed by atoms with Gasteiger partial charge in [0.2, 0.25) is 0 Å². The molecule has 0 fully saturated rings. The summed E-state index contributed by atoms with van der Waals surface area (Å²) in [5.74, 6) is 0.174. The summed E-state index contributed by atoms with van der Waals surface area (Å²) in [4.78, 5) is 12.5. The van der Waals surface area contributed by atoms with Crippen LogP contribution in [0.15, 0.2) is 84.0 Å². The largest absolute Gasteiger partial charge is 0.488 e. The Morgan fingerprint density at radius 2 is 1.69 bits per heavy atom. The lowest BCUT2D eigenvalue weighted by molar-refractivity contribution is 0.0955. The van der Waals surface area contributed by atoms with Crippen molar-refractivity contribution in [3.05, 3.63) is 111 Å². The molecule has 7 heteroatoms. The van der Waals surface area contributed by atoms with E-state index < -0.39 is 5.91 Å². The molecule has 0 unspecified atom stereocenters. The number of fused-ring (bicyclic) bond motifs is 1. The zero-order valence-electron chi connectivity index (χ0n) is 16.7. The molecule has 0 saturated carbocycles. The van der Waals surface area contributed by atoms with E-state index in [1.54, 1.807) is 18.3 Å². The van der Waals surface area contributed by atoms with E-state index in [4.69, 9.17) is 39.5 Å². The molecule has 0 bridgehead atoms. The van der Waals surface area contributed by atoms with Gasteiger partial charge in [0.25, 0.3) is 5.91 Å². The minimum Gasteiger partial charge on any atom is -0.488 e. The second kappa shape index (κ2) is 10.0. The predicted molar refractivity (Wildman–Crippen MR) is 131 cm³/mol. The molecule has 0 heterocycles. The summed E-state index contributed by atoms with van der Waals surface area (Å²) < 4.78 is 6.06. The van der Waals surface area contributed by atoms with Crippen molar-refractivity contribution in [1.29, 1.82) is 0 Å². The third-order valence-corrected chi connectivity index (χ3v) is 5.72. The molecule has 0 aliphatic rings. The van der Waals surface area contributed by atoms with Crippen molar-refractivity contribution >= 4 is 57.7 Å². The van der Waals surface area contributed by atoms with Gasteiger partial charge in [0, 0.05) is 21.2 Å². The van der Waals surface area contributed by atoms with Gasteiger partial charge in [0.1, 0.15) is 12.4 Å². The number of benzene rings is 4. The van der Waals surface area contributed by atoms with E-state index in [9.17, 15) is 4.79 Å². The van der Waals surface area contributed by atoms with Crippen LogP contribution < -0.4 is 10.2 Å². The highest BCUT2D eigenvalue weighted by atomic mass is 35.5. The van der Waals surface area contributed by atoms with Crippen LogP contribution in [0.5, 0.6) is 5.75 Å². The molecule has 4 aromatic carbocycles. The Morgan fingerprint density at radius 3 is 2.50 bits per heavy atom. The van der Waals surface area contributed by atoms with E-state index in [1.807, 2.05) is 60.7 Å². The van der Waals surface area contributed by atoms with Gasteiger partial charge in [-0.3, -0.25) is 4.79 Å². The molecular formula is C25H17Cl3N2O2. The molecule has 160 valence electrons. The Morgan fingerprint density at radius 1 is 0.906 bits per heavy atom. The number of hydrogen-bond donors (Lipinski definition) is 1. The van der Waals surface area contributed by atoms with Gasteiger partial charge in [-0.1, -0.05) is 83.3 Å². The Labute approximate surface area is 200 Å². The van der Waals surface area contributed by atoms with Crippen LogP contribution in [-0.4, -0.2) is 12.1 Å². The molecule has 1 N–H and O–H groups in total. The van der Waals surface area contributed by atoms with Crippen LogP contribution in [0.25, 0.3) is 10.8 Å². The number of ether oxygens (including phenoxy) is 1. The molecule has 0 aliphatic carbocycles. The molecule has 0 radical (unpaired) electrons. The summed E-state index contributed by atoms with van der Waals surface area (Å²) in [6.45, 7) is 0.297. The van der Waals surface area contributed by atoms with Gasteiger partial charge in [-0.05, 0) is 41.1 Å². The highest BCUT2D eigenvalue weighted by molar-refractivity contribution is 6.36. The van der Waals surface area contributed by atoms with E-state index in [1.165, 1.54) is 6.07 Å². The standard InChI is InChI=1S/C25H17Cl3N2O2/c26-18-10-11-20(23(28)13-18)25(31)30-29-14-21-19-7-3-1-5-16(19)9-12-24(21)32-15-17-6-2-4-8-22(17)27/h1-14H,15H2,(H,30,31)/b29-14-. The Kier molecular flexibility index (Phi) is 6.96. The minimum atomic E-state index is -0.443. The van der Waals surface area contributed by atoms with Gasteiger partial charge in [-0.15, -0.1) is 0 Å². The van der Waals surface area contributed by atoms with Gasteiger partial charge < -0.3 is 4.74 Å². The molecule has 0 aliphatic heterocycles. The van der Waals surface area contributed by atoms with Crippen molar-refractivity contribution in [3.8, 4) is 5.75 Å². The molecule has 4 rings (SSSR count). The SMILES string of the molecule is O=C(N/N=C\c1c(OCc2ccccc2Cl)ccc2ccccc12)c1ccc(Cl)cc1Cl. The molecular weight excluding hydrogens is 467 g/mol. The smallest absolute Gasteiger partial charge is 0.272 e. The van der Waals surface area contributed by atoms with E-state index in [-0.39, 0.29) is 10.6 Å². The average Bonchev–Trinajstić information content (AvgIpc) is 2.79. The number of amides is 1. The number of carbonyl (C=O) groups is 1. The quantitative estimate of drug-likeness (QED) is 0.234. The van der Waals surface area contributed by atoms with Gasteiger partial charge in [0.05, 0.1) is 16.8 Å². The first-order valence-corrected chi connectivity index (χ1v) is 10.8. The van der Waals surface area contributed by atoms with Crippen LogP contribution in [0, 0.1) is 0 Å². The zero-order chi connectivity index (χ0) is 22.5. The lowest BCUT2D eigenvalue weighted by atomic mass is 10.0. The number of hydrogen-bond acceptors (Lipinski definition) is 3. The van der Waals surface area contributed by atoms with Crippen molar-refractivity contribution in [2.45, 2.75) is 6.61 Å². The van der Waals surface area contributed by atoms with Gasteiger partial charge in [-0.25, -0.2) is 5.43 Å². The Balaban J connectivity index is 1.60. The lowest BCUT2D eigenvalue weighted by Gasteiger charge is -2.12. The second-order valence-electron chi connectivity index (χ2n) is 6.90. The topological polar surface area (TPSA) is 50.7 Å². The van der Waals surface area contributed by atoms with Crippen molar-refractivity contribution in [1.82, 2.24) is 5.43 Å². The first kappa shape index (κ1) is 22.2. The van der Waals surface area contributed by atoms with Crippen molar-refractivity contribution in [2.75, 3.05) is 0 Å². The number of rotatable bonds is 6. The number of nitrogens with one attached hydrogen (secondary N) is 1. The van der Waals surface area contributed by atoms with Crippen LogP contribution in [0.1, 0.15) is 21.5 Å². The van der Waals surface area contributed by atoms with Gasteiger partial charge >= 0.3 is 0 Å². The fourth-order valence-electron chi connectivity index (χ4n) is 3.19. The molecule has 0 aromatic heterocycles. The molecule has 4 nitrogen and oxygen atoms in total. The number of carbonyl (C=O) groups excluding carboxylic acids is 1. The lowest BCUT2D eigenvalue weighted by Crippen LogP contribution is -2.18. The van der Waals surface area contributed by atoms with Crippen molar-refractivity contribution in [3.63, 3.8) is 0 Å². The fraction of sp³-hybridized carbons (Fsp3) is 0.0400. The summed E-state index contributed by atoms with van der Waals surface area (Å²) in [6, 6.07) is 23.9. The maximum absolute atomic E-state index is 12.5. The average molecular weight is 484 g/mol. The van der Waals surface area contributed by atoms with E-state index in [0.29, 0.717) is 22.4 Å². The van der Waals surface area contributed by atoms with Gasteiger partial charge in [-0.2, -0.15) is 5.10 Å². The van der Waals surface area contributed by atoms with E-state index in [2.05, 4.69) is 10.5 Å². The van der Waals surface area contributed by atoms with Crippen molar-refractivity contribution in [2.24, 2.45) is 5.10 Å². The fourth-order valence-corrected chi connectivity index (χ4v) is 3.88. The second-order valence-corrected chi connectivity index (χ2v) is 8.15. The number of hydrazone groups is 1. The number of halogens is 3. The van der Waals surface area contributed by atoms with Crippen molar-refractivity contribution < 1.29 is 9.53 Å². The summed E-state index contributed by atoms with van der Waals surface area (Å²) in [5.41, 5.74) is 4.39. The summed E-state index contributed by atoms with van der Waals surface area (Å²) in [5, 5.41) is 7.43. The normalized spacial score (nSPS) is 11.1. The minimum absolute atomic E-state index is 0.249. The molecule has 0 atom stereocenters. The van der Waals surface area contributed by atoms with Crippen LogP contribution in [0.2, 0.25) is 15.1 Å². The third kappa shape index (κ3) is 5.05. The maximum atomic E-state index is 12.5. The summed E-state index contributed by atoms with van der Waals surface area (Å²) in [6.07, 6.45) is 1.56. The molecule has 32 heavy (non-hydrogen) atoms. The number of nitrogens with zero attached hydrogens (tertiary/aromatic N) is 1. The van der Waals surface area contributed by atoms with E-state index >= 15 is 0 Å². The summed E-state index contributed by atoms with van der Waals surface area (Å²) in [7, 11) is 0. The Bertz CT molecular complexity index is 1320. The van der Waals surface area contributed by atoms with Crippen LogP contribution in [0.3, 0.4) is 0 Å². The van der Waals surface area contributed by atoms with Gasteiger partial charge in [0.15, 0.2) is 0 Å². The monoisotopic (exact) mass is 482 g/mol. The zero-order valence-corrected chi connectivity index (χ0v) is 19.0. The summed E-state index contributed by atoms with van der Waals surface area (Å²) >= 11 is 18.3. The maximum Gasteiger partial charge on any atom is 0.272 e. The highest BCUT2D eigenvalue weighted by Crippen LogP contribution is 2.28. The molecule has 0 saturated heterocycles. The Hall–Kier alpha value is -3.05. The van der Waals surface area contributed by atoms with Crippen LogP contribution >= 0.6 is 34.8 Å². The first-order valence-electron chi connectivity index (χ1n) is 9.69. The van der Waals surface area contributed by atoms with E-state index in [0.717, 1.165) is 21.9 Å². The van der Waals surface area contributed by atoms with Crippen LogP contribution in [-0.2, 0) is 6.61 Å². The third-order valence-electron chi connectivity index (χ3n) is 4.81. The predicted octanol–water partition coefficient (Wildman–Crippen LogP) is 7.14. The molecule has 1 amide bonds. The molecule has 4 aromatic rings. The van der Waals surface area contributed by atoms with Crippen LogP contribution in [0.4, 0.5) is 0 Å².